The third-order valence-corrected chi connectivity index (χ3v) is 6.54. The fourth-order valence-electron chi connectivity index (χ4n) is 4.39. The predicted octanol–water partition coefficient (Wildman–Crippen LogP) is 4.88. The lowest BCUT2D eigenvalue weighted by Gasteiger charge is -2.34. The fraction of sp³-hybridized carbons (Fsp3) is 0.552. The Bertz CT molecular complexity index is 969. The van der Waals surface area contributed by atoms with Crippen LogP contribution in [-0.2, 0) is 4.79 Å². The first-order chi connectivity index (χ1) is 18.6. The van der Waals surface area contributed by atoms with Gasteiger partial charge in [-0.2, -0.15) is 0 Å². The molecule has 0 unspecified atom stereocenters. The molecule has 0 aliphatic carbocycles. The van der Waals surface area contributed by atoms with Crippen LogP contribution in [0.5, 0.6) is 17.2 Å². The third-order valence-electron chi connectivity index (χ3n) is 6.54. The molecular weight excluding hydrogens is 482 g/mol. The maximum atomic E-state index is 12.5. The molecule has 38 heavy (non-hydrogen) atoms. The Morgan fingerprint density at radius 2 is 1.53 bits per heavy atom. The van der Waals surface area contributed by atoms with Gasteiger partial charge >= 0.3 is 0 Å². The van der Waals surface area contributed by atoms with E-state index in [0.29, 0.717) is 42.9 Å². The summed E-state index contributed by atoms with van der Waals surface area (Å²) in [6.45, 7) is 5.70. The van der Waals surface area contributed by atoms with E-state index in [2.05, 4.69) is 27.2 Å². The van der Waals surface area contributed by atoms with Crippen LogP contribution in [0.4, 0.5) is 5.95 Å². The minimum absolute atomic E-state index is 0.192. The van der Waals surface area contributed by atoms with Crippen LogP contribution in [0.2, 0.25) is 0 Å². The number of nitrogens with zero attached hydrogens (tertiary/aromatic N) is 4. The average molecular weight is 526 g/mol. The van der Waals surface area contributed by atoms with Gasteiger partial charge in [-0.25, -0.2) is 15.0 Å². The smallest absolute Gasteiger partial charge is 0.258 e. The van der Waals surface area contributed by atoms with E-state index in [-0.39, 0.29) is 5.91 Å². The summed E-state index contributed by atoms with van der Waals surface area (Å²) in [4.78, 5) is 23.2. The summed E-state index contributed by atoms with van der Waals surface area (Å²) in [5.41, 5.74) is 3.73. The van der Waals surface area contributed by atoms with E-state index < -0.39 is 0 Å². The highest BCUT2D eigenvalue weighted by Gasteiger charge is 2.19. The van der Waals surface area contributed by atoms with Crippen molar-refractivity contribution in [2.45, 2.75) is 58.3 Å². The second kappa shape index (κ2) is 16.5. The number of aromatic nitrogens is 2. The number of hydrogen-bond donors (Lipinski definition) is 1. The summed E-state index contributed by atoms with van der Waals surface area (Å²) >= 11 is 0. The predicted molar refractivity (Wildman–Crippen MR) is 151 cm³/mol. The Morgan fingerprint density at radius 1 is 0.921 bits per heavy atom. The molecule has 1 aromatic carbocycles. The first kappa shape index (κ1) is 29.2. The molecule has 1 N–H and O–H groups in total. The van der Waals surface area contributed by atoms with E-state index in [1.165, 1.54) is 44.6 Å². The van der Waals surface area contributed by atoms with Gasteiger partial charge < -0.3 is 19.1 Å². The van der Waals surface area contributed by atoms with E-state index in [0.717, 1.165) is 31.5 Å². The van der Waals surface area contributed by atoms with E-state index in [1.54, 1.807) is 38.8 Å². The number of anilines is 1. The Morgan fingerprint density at radius 3 is 2.13 bits per heavy atom. The van der Waals surface area contributed by atoms with Crippen LogP contribution in [0, 0.1) is 0 Å². The SMILES string of the molecule is CCCCCCCCCCOc1c(OC)cc(C=CC(=O)NN2CCN(c3ncccn3)CC2)cc1OC. The van der Waals surface area contributed by atoms with Gasteiger partial charge in [0.1, 0.15) is 0 Å². The van der Waals surface area contributed by atoms with E-state index in [1.807, 2.05) is 17.1 Å². The van der Waals surface area contributed by atoms with Crippen molar-refractivity contribution in [3.05, 3.63) is 42.2 Å². The second-order valence-corrected chi connectivity index (χ2v) is 9.41. The van der Waals surface area contributed by atoms with Crippen LogP contribution >= 0.6 is 0 Å². The van der Waals surface area contributed by atoms with E-state index in [9.17, 15) is 4.79 Å². The number of hydrogen-bond acceptors (Lipinski definition) is 8. The number of benzene rings is 1. The summed E-state index contributed by atoms with van der Waals surface area (Å²) < 4.78 is 17.2. The zero-order chi connectivity index (χ0) is 27.0. The van der Waals surface area contributed by atoms with Crippen molar-refractivity contribution in [2.24, 2.45) is 0 Å². The molecule has 1 amide bonds. The average Bonchev–Trinajstić information content (AvgIpc) is 2.96. The molecule has 1 aromatic heterocycles. The molecule has 2 aromatic rings. The molecule has 9 nitrogen and oxygen atoms in total. The zero-order valence-corrected chi connectivity index (χ0v) is 23.2. The zero-order valence-electron chi connectivity index (χ0n) is 23.2. The Hall–Kier alpha value is -3.33. The van der Waals surface area contributed by atoms with Gasteiger partial charge in [0.05, 0.1) is 20.8 Å². The molecule has 0 radical (unpaired) electrons. The number of unbranched alkanes of at least 4 members (excludes halogenated alkanes) is 7. The van der Waals surface area contributed by atoms with Crippen molar-refractivity contribution in [2.75, 3.05) is 51.9 Å². The number of ether oxygens (including phenoxy) is 3. The minimum atomic E-state index is -0.192. The van der Waals surface area contributed by atoms with Gasteiger partial charge in [-0.1, -0.05) is 51.9 Å². The highest BCUT2D eigenvalue weighted by molar-refractivity contribution is 5.91. The van der Waals surface area contributed by atoms with Crippen LogP contribution in [-0.4, -0.2) is 67.9 Å². The summed E-state index contributed by atoms with van der Waals surface area (Å²) in [5.74, 6) is 2.29. The Labute approximate surface area is 227 Å². The molecule has 2 heterocycles. The van der Waals surface area contributed by atoms with Crippen molar-refractivity contribution in [3.63, 3.8) is 0 Å². The fourth-order valence-corrected chi connectivity index (χ4v) is 4.39. The van der Waals surface area contributed by atoms with Crippen LogP contribution < -0.4 is 24.5 Å². The first-order valence-electron chi connectivity index (χ1n) is 13.8. The molecule has 1 aliphatic rings. The molecule has 0 saturated carbocycles. The number of carbonyl (C=O) groups excluding carboxylic acids is 1. The molecule has 0 atom stereocenters. The second-order valence-electron chi connectivity index (χ2n) is 9.41. The van der Waals surface area contributed by atoms with Crippen molar-refractivity contribution in [1.82, 2.24) is 20.4 Å². The Kier molecular flexibility index (Phi) is 12.7. The highest BCUT2D eigenvalue weighted by Crippen LogP contribution is 2.39. The summed E-state index contributed by atoms with van der Waals surface area (Å²) in [7, 11) is 3.22. The van der Waals surface area contributed by atoms with Crippen molar-refractivity contribution in [1.29, 1.82) is 0 Å². The highest BCUT2D eigenvalue weighted by atomic mass is 16.5. The standard InChI is InChI=1S/C29H43N5O4/c1-4-5-6-7-8-9-10-11-21-38-28-25(36-2)22-24(23-26(28)37-3)13-14-27(35)32-34-19-17-33(18-20-34)29-30-15-12-16-31-29/h12-16,22-23H,4-11,17-21H2,1-3H3,(H,32,35). The van der Waals surface area contributed by atoms with Gasteiger partial charge in [0, 0.05) is 44.6 Å². The van der Waals surface area contributed by atoms with Gasteiger partial charge in [-0.05, 0) is 36.3 Å². The summed E-state index contributed by atoms with van der Waals surface area (Å²) in [6.07, 6.45) is 16.7. The van der Waals surface area contributed by atoms with Crippen LogP contribution in [0.3, 0.4) is 0 Å². The molecule has 9 heteroatoms. The molecule has 1 saturated heterocycles. The van der Waals surface area contributed by atoms with Crippen LogP contribution in [0.25, 0.3) is 6.08 Å². The summed E-state index contributed by atoms with van der Waals surface area (Å²) in [6, 6.07) is 5.51. The third kappa shape index (κ3) is 9.52. The molecular formula is C29H43N5O4. The monoisotopic (exact) mass is 525 g/mol. The number of hydrazine groups is 1. The lowest BCUT2D eigenvalue weighted by molar-refractivity contribution is -0.121. The van der Waals surface area contributed by atoms with Gasteiger partial charge in [0.15, 0.2) is 11.5 Å². The first-order valence-corrected chi connectivity index (χ1v) is 13.8. The largest absolute Gasteiger partial charge is 0.493 e. The number of rotatable bonds is 16. The van der Waals surface area contributed by atoms with Crippen molar-refractivity contribution < 1.29 is 19.0 Å². The number of nitrogens with one attached hydrogen (secondary N) is 1. The van der Waals surface area contributed by atoms with E-state index >= 15 is 0 Å². The molecule has 0 spiro atoms. The maximum absolute atomic E-state index is 12.5. The van der Waals surface area contributed by atoms with E-state index in [4.69, 9.17) is 14.2 Å². The number of amides is 1. The number of methoxy groups -OCH3 is 2. The molecule has 208 valence electrons. The van der Waals surface area contributed by atoms with Gasteiger partial charge in [0.2, 0.25) is 11.7 Å². The van der Waals surface area contributed by atoms with Crippen LogP contribution in [0.1, 0.15) is 63.9 Å². The summed E-state index contributed by atoms with van der Waals surface area (Å²) in [5, 5.41) is 1.91. The van der Waals surface area contributed by atoms with Crippen molar-refractivity contribution >= 4 is 17.9 Å². The molecule has 3 rings (SSSR count). The van der Waals surface area contributed by atoms with Crippen molar-refractivity contribution in [3.8, 4) is 17.2 Å². The molecule has 1 aliphatic heterocycles. The van der Waals surface area contributed by atoms with Gasteiger partial charge in [-0.3, -0.25) is 10.2 Å². The molecule has 1 fully saturated rings. The lowest BCUT2D eigenvalue weighted by Crippen LogP contribution is -2.53. The number of carbonyl (C=O) groups is 1. The molecule has 0 bridgehead atoms. The van der Waals surface area contributed by atoms with Gasteiger partial charge in [-0.15, -0.1) is 0 Å². The quantitative estimate of drug-likeness (QED) is 0.245. The normalized spacial score (nSPS) is 14.0. The van der Waals surface area contributed by atoms with Gasteiger partial charge in [0.25, 0.3) is 5.91 Å². The number of piperazine rings is 1. The topological polar surface area (TPSA) is 89.1 Å². The lowest BCUT2D eigenvalue weighted by atomic mass is 10.1. The maximum Gasteiger partial charge on any atom is 0.258 e. The Balaban J connectivity index is 1.46. The minimum Gasteiger partial charge on any atom is -0.493 e. The van der Waals surface area contributed by atoms with Crippen LogP contribution in [0.15, 0.2) is 36.7 Å².